The van der Waals surface area contributed by atoms with Gasteiger partial charge in [-0.1, -0.05) is 77.6 Å². The molecule has 29 heavy (non-hydrogen) atoms. The molecule has 174 valence electrons. The first-order chi connectivity index (χ1) is 13.5. The molecular weight excluding hydrogens is 358 g/mol. The van der Waals surface area contributed by atoms with E-state index >= 15 is 0 Å². The summed E-state index contributed by atoms with van der Waals surface area (Å²) in [5, 5.41) is 15.6. The van der Waals surface area contributed by atoms with Crippen molar-refractivity contribution in [2.24, 2.45) is 0 Å². The van der Waals surface area contributed by atoms with Crippen LogP contribution < -0.4 is 5.06 Å². The van der Waals surface area contributed by atoms with E-state index in [0.29, 0.717) is 5.06 Å². The Labute approximate surface area is 183 Å². The molecule has 1 saturated heterocycles. The highest BCUT2D eigenvalue weighted by Gasteiger charge is 2.49. The second-order valence-electron chi connectivity index (χ2n) is 11.5. The second kappa shape index (κ2) is 12.6. The van der Waals surface area contributed by atoms with Gasteiger partial charge in [0.25, 0.3) is 0 Å². The topological polar surface area (TPSA) is 30.7 Å². The predicted molar refractivity (Wildman–Crippen MR) is 127 cm³/mol. The van der Waals surface area contributed by atoms with Crippen molar-refractivity contribution in [3.05, 3.63) is 5.21 Å². The van der Waals surface area contributed by atoms with Gasteiger partial charge in [0, 0.05) is 0 Å². The number of nitrogens with one attached hydrogen (secondary N) is 1. The lowest BCUT2D eigenvalue weighted by Gasteiger charge is -2.57. The maximum Gasteiger partial charge on any atom is 0.110 e. The van der Waals surface area contributed by atoms with E-state index < -0.39 is 0 Å². The van der Waals surface area contributed by atoms with Gasteiger partial charge in [-0.2, -0.15) is 0 Å². The first-order valence-electron chi connectivity index (χ1n) is 12.7. The molecule has 0 aromatic heterocycles. The highest BCUT2D eigenvalue weighted by atomic mass is 16.5. The van der Waals surface area contributed by atoms with Gasteiger partial charge in [-0.15, -0.1) is 5.01 Å². The van der Waals surface area contributed by atoms with Crippen molar-refractivity contribution < 1.29 is 9.66 Å². The van der Waals surface area contributed by atoms with Crippen molar-refractivity contribution in [1.82, 2.24) is 5.01 Å². The molecule has 1 aliphatic rings. The SMILES string of the molecule is CCCCCCCCCCCCCCC[N+](C)(C)N1CC(C)(C)[NH+]([O-])C(C)(C)C1. The van der Waals surface area contributed by atoms with Crippen molar-refractivity contribution in [3.8, 4) is 0 Å². The van der Waals surface area contributed by atoms with E-state index in [1.807, 2.05) is 0 Å². The summed E-state index contributed by atoms with van der Waals surface area (Å²) in [5.41, 5.74) is -0.486. The zero-order valence-electron chi connectivity index (χ0n) is 21.1. The summed E-state index contributed by atoms with van der Waals surface area (Å²) in [6.07, 6.45) is 18.3. The van der Waals surface area contributed by atoms with Crippen LogP contribution in [0, 0.1) is 5.21 Å². The molecule has 0 amide bonds. The Morgan fingerprint density at radius 3 is 1.41 bits per heavy atom. The van der Waals surface area contributed by atoms with Crippen LogP contribution in [0.5, 0.6) is 0 Å². The molecule has 0 bridgehead atoms. The molecule has 0 aromatic rings. The van der Waals surface area contributed by atoms with Gasteiger partial charge in [0.1, 0.15) is 24.2 Å². The van der Waals surface area contributed by atoms with Crippen LogP contribution >= 0.6 is 0 Å². The number of rotatable bonds is 15. The largest absolute Gasteiger partial charge is 0.633 e. The van der Waals surface area contributed by atoms with E-state index in [1.165, 1.54) is 90.0 Å². The standard InChI is InChI=1S/C25H54N3O/c1-8-9-10-11-12-13-14-15-16-17-18-19-20-21-28(6,7)26-22-24(2,3)27(29)25(4,5)23-26/h27H,8-23H2,1-7H3/q+1. The lowest BCUT2D eigenvalue weighted by atomic mass is 9.91. The zero-order valence-corrected chi connectivity index (χ0v) is 21.1. The van der Waals surface area contributed by atoms with Crippen molar-refractivity contribution in [2.75, 3.05) is 33.7 Å². The van der Waals surface area contributed by atoms with Gasteiger partial charge in [-0.05, 0) is 40.5 Å². The molecule has 0 atom stereocenters. The molecule has 1 fully saturated rings. The molecule has 0 spiro atoms. The average Bonchev–Trinajstić information content (AvgIpc) is 2.63. The van der Waals surface area contributed by atoms with Crippen molar-refractivity contribution in [3.63, 3.8) is 0 Å². The molecule has 4 nitrogen and oxygen atoms in total. The summed E-state index contributed by atoms with van der Waals surface area (Å²) in [5.74, 6) is 0. The average molecular weight is 413 g/mol. The lowest BCUT2D eigenvalue weighted by molar-refractivity contribution is -1.04. The maximum absolute atomic E-state index is 12.7. The summed E-state index contributed by atoms with van der Waals surface area (Å²) < 4.78 is 0.915. The van der Waals surface area contributed by atoms with Gasteiger partial charge >= 0.3 is 0 Å². The van der Waals surface area contributed by atoms with Crippen molar-refractivity contribution in [1.29, 1.82) is 0 Å². The fourth-order valence-corrected chi connectivity index (χ4v) is 5.07. The van der Waals surface area contributed by atoms with E-state index in [4.69, 9.17) is 0 Å². The Morgan fingerprint density at radius 2 is 1.03 bits per heavy atom. The molecule has 0 aliphatic carbocycles. The minimum absolute atomic E-state index is 0.243. The smallest absolute Gasteiger partial charge is 0.110 e. The number of quaternary nitrogens is 2. The number of unbranched alkanes of at least 4 members (excludes halogenated alkanes) is 12. The molecule has 0 saturated carbocycles. The molecule has 0 unspecified atom stereocenters. The lowest BCUT2D eigenvalue weighted by Crippen LogP contribution is -3.25. The van der Waals surface area contributed by atoms with Crippen LogP contribution in [0.2, 0.25) is 0 Å². The van der Waals surface area contributed by atoms with E-state index in [-0.39, 0.29) is 11.1 Å². The molecule has 1 N–H and O–H groups in total. The Morgan fingerprint density at radius 1 is 0.690 bits per heavy atom. The summed E-state index contributed by atoms with van der Waals surface area (Å²) >= 11 is 0. The fraction of sp³-hybridized carbons (Fsp3) is 1.00. The van der Waals surface area contributed by atoms with Crippen LogP contribution in [0.3, 0.4) is 0 Å². The van der Waals surface area contributed by atoms with E-state index in [1.54, 1.807) is 0 Å². The summed E-state index contributed by atoms with van der Waals surface area (Å²) in [6.45, 7) is 13.7. The van der Waals surface area contributed by atoms with Gasteiger partial charge in [0.2, 0.25) is 0 Å². The number of hydroxylamine groups is 2. The highest BCUT2D eigenvalue weighted by molar-refractivity contribution is 4.84. The first-order valence-corrected chi connectivity index (χ1v) is 12.7. The number of hydrogen-bond acceptors (Lipinski definition) is 2. The molecule has 1 aliphatic heterocycles. The monoisotopic (exact) mass is 412 g/mol. The molecule has 0 radical (unpaired) electrons. The van der Waals surface area contributed by atoms with Crippen LogP contribution in [0.4, 0.5) is 0 Å². The number of hydrogen-bond donors (Lipinski definition) is 1. The molecule has 1 heterocycles. The van der Waals surface area contributed by atoms with Gasteiger partial charge in [0.15, 0.2) is 0 Å². The summed E-state index contributed by atoms with van der Waals surface area (Å²) in [7, 11) is 4.64. The van der Waals surface area contributed by atoms with Crippen molar-refractivity contribution in [2.45, 2.75) is 129 Å². The zero-order chi connectivity index (χ0) is 22.0. The normalized spacial score (nSPS) is 20.3. The van der Waals surface area contributed by atoms with Crippen LogP contribution in [-0.2, 0) is 0 Å². The quantitative estimate of drug-likeness (QED) is 0.224. The van der Waals surface area contributed by atoms with Gasteiger partial charge < -0.3 is 10.3 Å². The van der Waals surface area contributed by atoms with Crippen molar-refractivity contribution >= 4 is 0 Å². The fourth-order valence-electron chi connectivity index (χ4n) is 5.07. The minimum atomic E-state index is -0.243. The van der Waals surface area contributed by atoms with Gasteiger partial charge in [-0.3, -0.25) is 0 Å². The van der Waals surface area contributed by atoms with Crippen LogP contribution in [0.15, 0.2) is 0 Å². The predicted octanol–water partition coefficient (Wildman–Crippen LogP) is 5.32. The summed E-state index contributed by atoms with van der Waals surface area (Å²) in [6, 6.07) is 0. The second-order valence-corrected chi connectivity index (χ2v) is 11.5. The number of nitrogens with zero attached hydrogens (tertiary/aromatic N) is 2. The molecule has 1 rings (SSSR count). The molecular formula is C25H54N3O+. The third-order valence-electron chi connectivity index (χ3n) is 6.96. The van der Waals surface area contributed by atoms with Crippen LogP contribution in [-0.4, -0.2) is 54.4 Å². The maximum atomic E-state index is 12.7. The third-order valence-corrected chi connectivity index (χ3v) is 6.96. The number of piperazine rings is 1. The molecule has 0 aromatic carbocycles. The molecule has 4 heteroatoms. The Hall–Kier alpha value is -0.160. The van der Waals surface area contributed by atoms with E-state index in [9.17, 15) is 5.21 Å². The first kappa shape index (κ1) is 26.9. The third kappa shape index (κ3) is 9.67. The van der Waals surface area contributed by atoms with Crippen LogP contribution in [0.25, 0.3) is 0 Å². The van der Waals surface area contributed by atoms with Gasteiger partial charge in [-0.25, -0.2) is 4.59 Å². The van der Waals surface area contributed by atoms with Gasteiger partial charge in [0.05, 0.1) is 20.6 Å². The van der Waals surface area contributed by atoms with Crippen LogP contribution in [0.1, 0.15) is 118 Å². The highest BCUT2D eigenvalue weighted by Crippen LogP contribution is 2.21. The Bertz CT molecular complexity index is 416. The Kier molecular flexibility index (Phi) is 11.7. The van der Waals surface area contributed by atoms with E-state index in [0.717, 1.165) is 17.7 Å². The van der Waals surface area contributed by atoms with E-state index in [2.05, 4.69) is 53.7 Å². The Balaban J connectivity index is 2.13. The summed E-state index contributed by atoms with van der Waals surface area (Å²) in [4.78, 5) is 0. The minimum Gasteiger partial charge on any atom is -0.633 e.